The molecule has 0 aliphatic carbocycles. The van der Waals surface area contributed by atoms with Crippen LogP contribution in [0.5, 0.6) is 0 Å². The summed E-state index contributed by atoms with van der Waals surface area (Å²) in [5.74, 6) is -0.538. The molecule has 0 bridgehead atoms. The van der Waals surface area contributed by atoms with Crippen LogP contribution in [0, 0.1) is 0 Å². The van der Waals surface area contributed by atoms with E-state index in [0.717, 1.165) is 38.0 Å². The Morgan fingerprint density at radius 3 is 2.85 bits per heavy atom. The maximum absolute atomic E-state index is 12.8. The van der Waals surface area contributed by atoms with E-state index in [9.17, 15) is 9.59 Å². The summed E-state index contributed by atoms with van der Waals surface area (Å²) < 4.78 is 19.2. The fourth-order valence-corrected chi connectivity index (χ4v) is 4.91. The number of benzene rings is 2. The van der Waals surface area contributed by atoms with E-state index in [4.69, 9.17) is 13.9 Å². The second-order valence-electron chi connectivity index (χ2n) is 8.94. The normalized spacial score (nSPS) is 23.4. The number of hydrogen-bond acceptors (Lipinski definition) is 6. The molecule has 0 saturated carbocycles. The second-order valence-corrected chi connectivity index (χ2v) is 8.94. The number of ether oxygens (including phenoxy) is 2. The van der Waals surface area contributed by atoms with Crippen LogP contribution in [0.4, 0.5) is 5.69 Å². The van der Waals surface area contributed by atoms with Gasteiger partial charge in [-0.25, -0.2) is 4.79 Å². The summed E-state index contributed by atoms with van der Waals surface area (Å²) in [6.07, 6.45) is 2.80. The smallest absolute Gasteiger partial charge is 0.408 e. The van der Waals surface area contributed by atoms with Crippen LogP contribution in [0.2, 0.25) is 0 Å². The number of piperidine rings is 1. The molecule has 8 nitrogen and oxygen atoms in total. The summed E-state index contributed by atoms with van der Waals surface area (Å²) in [4.78, 5) is 26.6. The Kier molecular flexibility index (Phi) is 6.05. The van der Waals surface area contributed by atoms with E-state index in [0.29, 0.717) is 29.9 Å². The van der Waals surface area contributed by atoms with Crippen LogP contribution < -0.4 is 11.1 Å². The molecule has 1 N–H and O–H groups in total. The highest BCUT2D eigenvalue weighted by molar-refractivity contribution is 5.94. The number of oxazole rings is 1. The molecule has 3 aromatic rings. The summed E-state index contributed by atoms with van der Waals surface area (Å²) in [5, 5.41) is 2.92. The number of hydrogen-bond donors (Lipinski definition) is 1. The summed E-state index contributed by atoms with van der Waals surface area (Å²) in [6.45, 7) is 2.98. The highest BCUT2D eigenvalue weighted by Gasteiger charge is 2.47. The van der Waals surface area contributed by atoms with Crippen molar-refractivity contribution in [2.75, 3.05) is 31.6 Å². The number of likely N-dealkylation sites (tertiary alicyclic amines) is 1. The zero-order chi connectivity index (χ0) is 22.8. The van der Waals surface area contributed by atoms with E-state index in [2.05, 4.69) is 22.3 Å². The molecule has 2 saturated heterocycles. The first-order chi connectivity index (χ1) is 16.0. The molecule has 2 fully saturated rings. The Labute approximate surface area is 192 Å². The van der Waals surface area contributed by atoms with Gasteiger partial charge in [0.05, 0.1) is 30.4 Å². The fourth-order valence-electron chi connectivity index (χ4n) is 4.91. The minimum Gasteiger partial charge on any atom is -0.408 e. The molecule has 1 amide bonds. The minimum atomic E-state index is -0.425. The molecule has 2 aliphatic heterocycles. The van der Waals surface area contributed by atoms with E-state index in [1.54, 1.807) is 25.2 Å². The number of fused-ring (bicyclic) bond motifs is 1. The van der Waals surface area contributed by atoms with Crippen molar-refractivity contribution in [3.63, 3.8) is 0 Å². The van der Waals surface area contributed by atoms with Gasteiger partial charge in [-0.05, 0) is 37.0 Å². The first-order valence-corrected chi connectivity index (χ1v) is 11.4. The first kappa shape index (κ1) is 21.9. The number of anilines is 1. The lowest BCUT2D eigenvalue weighted by Crippen LogP contribution is -2.57. The Balaban J connectivity index is 1.22. The fraction of sp³-hybridized carbons (Fsp3) is 0.440. The van der Waals surface area contributed by atoms with Crippen molar-refractivity contribution in [1.29, 1.82) is 0 Å². The largest absolute Gasteiger partial charge is 0.419 e. The van der Waals surface area contributed by atoms with Gasteiger partial charge in [-0.3, -0.25) is 14.3 Å². The lowest BCUT2D eigenvalue weighted by Gasteiger charge is -2.44. The van der Waals surface area contributed by atoms with Crippen molar-refractivity contribution in [2.24, 2.45) is 7.05 Å². The molecule has 0 radical (unpaired) electrons. The Morgan fingerprint density at radius 1 is 1.21 bits per heavy atom. The van der Waals surface area contributed by atoms with Crippen LogP contribution in [-0.4, -0.2) is 53.3 Å². The van der Waals surface area contributed by atoms with E-state index in [1.165, 1.54) is 4.57 Å². The number of aromatic nitrogens is 1. The van der Waals surface area contributed by atoms with E-state index >= 15 is 0 Å². The summed E-state index contributed by atoms with van der Waals surface area (Å²) in [6, 6.07) is 15.4. The third-order valence-electron chi connectivity index (χ3n) is 6.73. The van der Waals surface area contributed by atoms with Gasteiger partial charge in [-0.1, -0.05) is 30.3 Å². The van der Waals surface area contributed by atoms with Crippen molar-refractivity contribution in [3.05, 3.63) is 64.6 Å². The maximum Gasteiger partial charge on any atom is 0.419 e. The van der Waals surface area contributed by atoms with Crippen LogP contribution in [-0.2, 0) is 27.9 Å². The molecule has 3 heterocycles. The Morgan fingerprint density at radius 2 is 2.06 bits per heavy atom. The monoisotopic (exact) mass is 451 g/mol. The van der Waals surface area contributed by atoms with Crippen molar-refractivity contribution >= 4 is 22.7 Å². The first-order valence-electron chi connectivity index (χ1n) is 11.4. The number of nitrogens with one attached hydrogen (secondary N) is 1. The van der Waals surface area contributed by atoms with E-state index in [1.807, 2.05) is 18.2 Å². The van der Waals surface area contributed by atoms with Crippen LogP contribution >= 0.6 is 0 Å². The van der Waals surface area contributed by atoms with Crippen LogP contribution in [0.1, 0.15) is 24.8 Å². The Hall–Kier alpha value is -2.94. The van der Waals surface area contributed by atoms with Crippen LogP contribution in [0.3, 0.4) is 0 Å². The third kappa shape index (κ3) is 4.59. The molecule has 2 aromatic carbocycles. The van der Waals surface area contributed by atoms with Gasteiger partial charge in [0.15, 0.2) is 5.58 Å². The highest BCUT2D eigenvalue weighted by Crippen LogP contribution is 2.38. The number of aryl methyl sites for hydroxylation is 1. The maximum atomic E-state index is 12.8. The number of amides is 1. The lowest BCUT2D eigenvalue weighted by molar-refractivity contribution is -0.159. The number of carbonyl (C=O) groups excluding carboxylic acids is 1. The standard InChI is InChI=1S/C25H29N3O5/c1-27-20-9-8-19(14-21(20)33-24(27)30)26-23(29)16-28-12-11-25(10-5-13-32-25)22(15-28)31-17-18-6-3-2-4-7-18/h2-4,6-9,14,22H,5,10-13,15-17H2,1H3,(H,26,29)/t22-,25-/m1/s1. The lowest BCUT2D eigenvalue weighted by atomic mass is 9.85. The SMILES string of the molecule is Cn1c(=O)oc2cc(NC(=O)CN3CC[C@]4(CCCO4)[C@H](OCc4ccccc4)C3)ccc21. The number of rotatable bonds is 6. The zero-order valence-electron chi connectivity index (χ0n) is 18.8. The highest BCUT2D eigenvalue weighted by atomic mass is 16.6. The average molecular weight is 452 g/mol. The average Bonchev–Trinajstić information content (AvgIpc) is 3.39. The minimum absolute atomic E-state index is 0.0864. The van der Waals surface area contributed by atoms with Crippen LogP contribution in [0.25, 0.3) is 11.1 Å². The van der Waals surface area contributed by atoms with Gasteiger partial charge in [0, 0.05) is 38.5 Å². The molecule has 8 heteroatoms. The van der Waals surface area contributed by atoms with Gasteiger partial charge in [-0.15, -0.1) is 0 Å². The van der Waals surface area contributed by atoms with Gasteiger partial charge in [0.1, 0.15) is 0 Å². The van der Waals surface area contributed by atoms with Gasteiger partial charge in [-0.2, -0.15) is 0 Å². The summed E-state index contributed by atoms with van der Waals surface area (Å²) in [5.41, 5.74) is 2.62. The van der Waals surface area contributed by atoms with Gasteiger partial charge in [0.25, 0.3) is 0 Å². The predicted octanol–water partition coefficient (Wildman–Crippen LogP) is 2.91. The quantitative estimate of drug-likeness (QED) is 0.620. The topological polar surface area (TPSA) is 85.9 Å². The van der Waals surface area contributed by atoms with E-state index in [-0.39, 0.29) is 24.2 Å². The molecule has 174 valence electrons. The summed E-state index contributed by atoms with van der Waals surface area (Å²) >= 11 is 0. The van der Waals surface area contributed by atoms with Crippen molar-refractivity contribution in [2.45, 2.75) is 37.6 Å². The van der Waals surface area contributed by atoms with Crippen LogP contribution in [0.15, 0.2) is 57.7 Å². The molecule has 2 aliphatic rings. The molecular weight excluding hydrogens is 422 g/mol. The molecule has 33 heavy (non-hydrogen) atoms. The van der Waals surface area contributed by atoms with Crippen molar-refractivity contribution < 1.29 is 18.7 Å². The number of carbonyl (C=O) groups is 1. The molecule has 5 rings (SSSR count). The molecule has 1 aromatic heterocycles. The van der Waals surface area contributed by atoms with E-state index < -0.39 is 5.76 Å². The van der Waals surface area contributed by atoms with Gasteiger partial charge >= 0.3 is 5.76 Å². The predicted molar refractivity (Wildman–Crippen MR) is 124 cm³/mol. The van der Waals surface area contributed by atoms with Gasteiger partial charge < -0.3 is 19.2 Å². The molecular formula is C25H29N3O5. The molecule has 0 unspecified atom stereocenters. The third-order valence-corrected chi connectivity index (χ3v) is 6.73. The molecule has 1 spiro atoms. The molecule has 2 atom stereocenters. The zero-order valence-corrected chi connectivity index (χ0v) is 18.8. The summed E-state index contributed by atoms with van der Waals surface area (Å²) in [7, 11) is 1.65. The Bertz CT molecular complexity index is 1180. The van der Waals surface area contributed by atoms with Crippen molar-refractivity contribution in [3.8, 4) is 0 Å². The van der Waals surface area contributed by atoms with Gasteiger partial charge in [0.2, 0.25) is 5.91 Å². The number of nitrogens with zero attached hydrogens (tertiary/aromatic N) is 2. The van der Waals surface area contributed by atoms with Crippen molar-refractivity contribution in [1.82, 2.24) is 9.47 Å². The second kappa shape index (κ2) is 9.13.